The summed E-state index contributed by atoms with van der Waals surface area (Å²) in [5.74, 6) is 1.00. The summed E-state index contributed by atoms with van der Waals surface area (Å²) in [5, 5.41) is 9.40. The fraction of sp³-hybridized carbons (Fsp3) is 0.417. The van der Waals surface area contributed by atoms with Crippen LogP contribution in [-0.2, 0) is 5.41 Å². The molecule has 0 unspecified atom stereocenters. The van der Waals surface area contributed by atoms with Gasteiger partial charge in [-0.1, -0.05) is 18.9 Å². The van der Waals surface area contributed by atoms with Crippen LogP contribution in [0.1, 0.15) is 31.2 Å². The fourth-order valence-corrected chi connectivity index (χ4v) is 2.90. The van der Waals surface area contributed by atoms with Crippen molar-refractivity contribution in [2.45, 2.75) is 31.1 Å². The van der Waals surface area contributed by atoms with Crippen LogP contribution in [-0.4, -0.2) is 10.9 Å². The van der Waals surface area contributed by atoms with E-state index in [1.807, 2.05) is 6.07 Å². The van der Waals surface area contributed by atoms with Crippen LogP contribution in [0.25, 0.3) is 0 Å². The van der Waals surface area contributed by atoms with Gasteiger partial charge in [-0.05, 0) is 24.5 Å². The Bertz CT molecular complexity index is 445. The van der Waals surface area contributed by atoms with Crippen LogP contribution < -0.4 is 5.73 Å². The lowest BCUT2D eigenvalue weighted by atomic mass is 9.79. The molecule has 1 saturated carbocycles. The van der Waals surface area contributed by atoms with Gasteiger partial charge in [0.25, 0.3) is 0 Å². The Kier molecular flexibility index (Phi) is 1.61. The summed E-state index contributed by atoms with van der Waals surface area (Å²) < 4.78 is 0. The molecule has 0 aromatic heterocycles. The van der Waals surface area contributed by atoms with Crippen molar-refractivity contribution in [1.29, 1.82) is 0 Å². The van der Waals surface area contributed by atoms with Gasteiger partial charge in [0.1, 0.15) is 11.6 Å². The Labute approximate surface area is 88.6 Å². The summed E-state index contributed by atoms with van der Waals surface area (Å²) in [5.41, 5.74) is 8.09. The molecule has 78 valence electrons. The SMILES string of the molecule is NC1=Nc2cc(O)ccc2C12CCCC2. The molecule has 3 rings (SSSR count). The average molecular weight is 202 g/mol. The first kappa shape index (κ1) is 8.77. The van der Waals surface area contributed by atoms with E-state index >= 15 is 0 Å². The number of nitrogens with two attached hydrogens (primary N) is 1. The second-order valence-electron chi connectivity index (χ2n) is 4.49. The van der Waals surface area contributed by atoms with E-state index in [2.05, 4.69) is 4.99 Å². The number of benzene rings is 1. The first-order valence-corrected chi connectivity index (χ1v) is 5.40. The van der Waals surface area contributed by atoms with Gasteiger partial charge in [0.05, 0.1) is 11.1 Å². The first-order chi connectivity index (χ1) is 7.22. The predicted molar refractivity (Wildman–Crippen MR) is 59.5 cm³/mol. The summed E-state index contributed by atoms with van der Waals surface area (Å²) >= 11 is 0. The van der Waals surface area contributed by atoms with Gasteiger partial charge in [-0.25, -0.2) is 4.99 Å². The van der Waals surface area contributed by atoms with Crippen LogP contribution in [0.2, 0.25) is 0 Å². The number of phenols is 1. The van der Waals surface area contributed by atoms with Crippen molar-refractivity contribution in [2.75, 3.05) is 0 Å². The van der Waals surface area contributed by atoms with E-state index in [0.29, 0.717) is 0 Å². The standard InChI is InChI=1S/C12H14N2O/c13-11-12(5-1-2-6-12)9-4-3-8(15)7-10(9)14-11/h3-4,7,15H,1-2,5-6H2,(H2,13,14). The molecule has 0 atom stereocenters. The van der Waals surface area contributed by atoms with Crippen molar-refractivity contribution < 1.29 is 5.11 Å². The summed E-state index contributed by atoms with van der Waals surface area (Å²) in [6, 6.07) is 5.40. The summed E-state index contributed by atoms with van der Waals surface area (Å²) in [6.45, 7) is 0. The van der Waals surface area contributed by atoms with Crippen LogP contribution in [0.5, 0.6) is 5.75 Å². The third-order valence-corrected chi connectivity index (χ3v) is 3.69. The quantitative estimate of drug-likeness (QED) is 0.677. The Morgan fingerprint density at radius 1 is 1.27 bits per heavy atom. The molecule has 3 nitrogen and oxygen atoms in total. The van der Waals surface area contributed by atoms with Crippen molar-refractivity contribution in [1.82, 2.24) is 0 Å². The summed E-state index contributed by atoms with van der Waals surface area (Å²) in [7, 11) is 0. The average Bonchev–Trinajstić information content (AvgIpc) is 2.76. The number of aromatic hydroxyl groups is 1. The van der Waals surface area contributed by atoms with Crippen LogP contribution in [0.3, 0.4) is 0 Å². The van der Waals surface area contributed by atoms with Gasteiger partial charge in [-0.3, -0.25) is 0 Å². The number of rotatable bonds is 0. The zero-order valence-corrected chi connectivity index (χ0v) is 8.53. The molecule has 1 aliphatic heterocycles. The van der Waals surface area contributed by atoms with Gasteiger partial charge < -0.3 is 10.8 Å². The molecule has 1 heterocycles. The number of fused-ring (bicyclic) bond motifs is 2. The zero-order valence-electron chi connectivity index (χ0n) is 8.53. The van der Waals surface area contributed by atoms with E-state index in [1.54, 1.807) is 12.1 Å². The maximum absolute atomic E-state index is 9.40. The molecule has 1 aliphatic carbocycles. The first-order valence-electron chi connectivity index (χ1n) is 5.40. The van der Waals surface area contributed by atoms with E-state index < -0.39 is 0 Å². The smallest absolute Gasteiger partial charge is 0.117 e. The lowest BCUT2D eigenvalue weighted by Gasteiger charge is -2.24. The zero-order chi connectivity index (χ0) is 10.5. The van der Waals surface area contributed by atoms with Crippen molar-refractivity contribution in [3.05, 3.63) is 23.8 Å². The molecule has 0 amide bonds. The van der Waals surface area contributed by atoms with Crippen molar-refractivity contribution >= 4 is 11.5 Å². The third kappa shape index (κ3) is 1.03. The van der Waals surface area contributed by atoms with E-state index in [1.165, 1.54) is 18.4 Å². The molecular weight excluding hydrogens is 188 g/mol. The van der Waals surface area contributed by atoms with Crippen LogP contribution in [0.15, 0.2) is 23.2 Å². The monoisotopic (exact) mass is 202 g/mol. The molecule has 1 aromatic rings. The van der Waals surface area contributed by atoms with Gasteiger partial charge >= 0.3 is 0 Å². The number of phenolic OH excluding ortho intramolecular Hbond substituents is 1. The Balaban J connectivity index is 2.19. The van der Waals surface area contributed by atoms with E-state index in [4.69, 9.17) is 5.73 Å². The maximum atomic E-state index is 9.40. The Hall–Kier alpha value is -1.51. The number of hydrogen-bond acceptors (Lipinski definition) is 3. The molecule has 3 N–H and O–H groups in total. The molecule has 1 aromatic carbocycles. The van der Waals surface area contributed by atoms with Gasteiger partial charge in [0.15, 0.2) is 0 Å². The Morgan fingerprint density at radius 2 is 2.00 bits per heavy atom. The molecule has 0 radical (unpaired) electrons. The highest BCUT2D eigenvalue weighted by Gasteiger charge is 2.44. The predicted octanol–water partition coefficient (Wildman–Crippen LogP) is 2.21. The minimum absolute atomic E-state index is 0.0109. The molecule has 15 heavy (non-hydrogen) atoms. The number of nitrogens with zero attached hydrogens (tertiary/aromatic N) is 1. The van der Waals surface area contributed by atoms with E-state index in [-0.39, 0.29) is 11.2 Å². The third-order valence-electron chi connectivity index (χ3n) is 3.69. The maximum Gasteiger partial charge on any atom is 0.117 e. The number of amidine groups is 1. The molecule has 1 spiro atoms. The van der Waals surface area contributed by atoms with Crippen LogP contribution in [0, 0.1) is 0 Å². The van der Waals surface area contributed by atoms with Crippen LogP contribution in [0.4, 0.5) is 5.69 Å². The minimum atomic E-state index is -0.0109. The second kappa shape index (κ2) is 2.75. The van der Waals surface area contributed by atoms with Gasteiger partial charge in [-0.2, -0.15) is 0 Å². The molecule has 0 bridgehead atoms. The molecule has 3 heteroatoms. The van der Waals surface area contributed by atoms with Crippen LogP contribution >= 0.6 is 0 Å². The van der Waals surface area contributed by atoms with Crippen molar-refractivity contribution in [3.8, 4) is 5.75 Å². The Morgan fingerprint density at radius 3 is 2.73 bits per heavy atom. The summed E-state index contributed by atoms with van der Waals surface area (Å²) in [6.07, 6.45) is 4.63. The molecule has 1 fully saturated rings. The second-order valence-corrected chi connectivity index (χ2v) is 4.49. The largest absolute Gasteiger partial charge is 0.508 e. The van der Waals surface area contributed by atoms with Crippen molar-refractivity contribution in [3.63, 3.8) is 0 Å². The molecular formula is C12H14N2O. The van der Waals surface area contributed by atoms with E-state index in [0.717, 1.165) is 24.4 Å². The summed E-state index contributed by atoms with van der Waals surface area (Å²) in [4.78, 5) is 4.38. The van der Waals surface area contributed by atoms with Crippen molar-refractivity contribution in [2.24, 2.45) is 10.7 Å². The van der Waals surface area contributed by atoms with Gasteiger partial charge in [0.2, 0.25) is 0 Å². The van der Waals surface area contributed by atoms with Gasteiger partial charge in [-0.15, -0.1) is 0 Å². The highest BCUT2D eigenvalue weighted by atomic mass is 16.3. The minimum Gasteiger partial charge on any atom is -0.508 e. The topological polar surface area (TPSA) is 58.6 Å². The molecule has 2 aliphatic rings. The number of hydrogen-bond donors (Lipinski definition) is 2. The molecule has 0 saturated heterocycles. The normalized spacial score (nSPS) is 21.7. The lowest BCUT2D eigenvalue weighted by molar-refractivity contribution is 0.475. The lowest BCUT2D eigenvalue weighted by Crippen LogP contribution is -2.35. The van der Waals surface area contributed by atoms with E-state index in [9.17, 15) is 5.11 Å². The number of aliphatic imine (C=N–C) groups is 1. The fourth-order valence-electron chi connectivity index (χ4n) is 2.90. The highest BCUT2D eigenvalue weighted by molar-refractivity contribution is 5.99. The highest BCUT2D eigenvalue weighted by Crippen LogP contribution is 2.49. The van der Waals surface area contributed by atoms with Gasteiger partial charge in [0, 0.05) is 6.07 Å².